The zero-order valence-electron chi connectivity index (χ0n) is 38.8. The number of carbonyl (C=O) groups is 2. The summed E-state index contributed by atoms with van der Waals surface area (Å²) in [6.07, 6.45) is 49.6. The zero-order valence-corrected chi connectivity index (χ0v) is 39.7. The Kier molecular flexibility index (Phi) is 45.3. The first-order valence-electron chi connectivity index (χ1n) is 25.2. The second-order valence-electron chi connectivity index (χ2n) is 17.0. The summed E-state index contributed by atoms with van der Waals surface area (Å²) in [7, 11) is -4.38. The Balaban J connectivity index is 4.02. The van der Waals surface area contributed by atoms with Crippen molar-refractivity contribution in [2.75, 3.05) is 26.4 Å². The molecule has 0 radical (unpaired) electrons. The maximum atomic E-state index is 12.6. The molecular formula is C49H96NO8P. The molecule has 0 saturated carbocycles. The number of unbranched alkanes of at least 4 members (excludes halogenated alkanes) is 33. The van der Waals surface area contributed by atoms with Gasteiger partial charge in [0.2, 0.25) is 0 Å². The average molecular weight is 858 g/mol. The number of rotatable bonds is 48. The lowest BCUT2D eigenvalue weighted by Crippen LogP contribution is -2.29. The number of carbonyl (C=O) groups excluding carboxylic acids is 2. The van der Waals surface area contributed by atoms with E-state index in [0.717, 1.165) is 32.1 Å². The van der Waals surface area contributed by atoms with Crippen LogP contribution in [0.3, 0.4) is 0 Å². The van der Waals surface area contributed by atoms with Crippen LogP contribution in [0.4, 0.5) is 0 Å². The summed E-state index contributed by atoms with van der Waals surface area (Å²) in [5.41, 5.74) is 5.36. The molecule has 0 aromatic rings. The van der Waals surface area contributed by atoms with Gasteiger partial charge in [0, 0.05) is 19.4 Å². The molecule has 3 N–H and O–H groups in total. The fourth-order valence-electron chi connectivity index (χ4n) is 7.40. The van der Waals surface area contributed by atoms with Gasteiger partial charge in [0.1, 0.15) is 6.61 Å². The van der Waals surface area contributed by atoms with Crippen molar-refractivity contribution >= 4 is 19.8 Å². The molecule has 350 valence electrons. The highest BCUT2D eigenvalue weighted by Crippen LogP contribution is 2.43. The van der Waals surface area contributed by atoms with E-state index in [1.807, 2.05) is 0 Å². The standard InChI is InChI=1S/C49H96NO8P/c1-3-5-7-9-11-13-15-17-19-21-22-23-24-26-28-30-32-34-36-38-40-42-49(52)58-47(46-57-59(53,54)56-44-43-50)45-55-48(51)41-39-37-35-33-31-29-27-25-20-18-16-14-12-10-8-6-4-2/h18,20,47H,3-17,19,21-46,50H2,1-2H3,(H,53,54)/b20-18-/t47-/m1/s1. The number of esters is 2. The minimum absolute atomic E-state index is 0.0560. The van der Waals surface area contributed by atoms with E-state index in [1.165, 1.54) is 193 Å². The molecule has 0 spiro atoms. The van der Waals surface area contributed by atoms with Gasteiger partial charge in [0.25, 0.3) is 0 Å². The Labute approximate surface area is 364 Å². The molecule has 10 heteroatoms. The van der Waals surface area contributed by atoms with Crippen molar-refractivity contribution in [3.05, 3.63) is 12.2 Å². The molecule has 0 bridgehead atoms. The second-order valence-corrected chi connectivity index (χ2v) is 18.5. The molecule has 0 aliphatic heterocycles. The highest BCUT2D eigenvalue weighted by Gasteiger charge is 2.26. The number of nitrogens with two attached hydrogens (primary N) is 1. The van der Waals surface area contributed by atoms with E-state index in [2.05, 4.69) is 26.0 Å². The Morgan fingerprint density at radius 1 is 0.492 bits per heavy atom. The van der Waals surface area contributed by atoms with Gasteiger partial charge in [-0.15, -0.1) is 0 Å². The third-order valence-electron chi connectivity index (χ3n) is 11.2. The molecule has 0 aliphatic carbocycles. The molecule has 0 aromatic heterocycles. The molecule has 0 fully saturated rings. The van der Waals surface area contributed by atoms with Gasteiger partial charge in [-0.05, 0) is 38.5 Å². The van der Waals surface area contributed by atoms with Crippen molar-refractivity contribution in [1.29, 1.82) is 0 Å². The Morgan fingerprint density at radius 2 is 0.831 bits per heavy atom. The van der Waals surface area contributed by atoms with E-state index < -0.39 is 26.5 Å². The largest absolute Gasteiger partial charge is 0.472 e. The SMILES string of the molecule is CCCCCCCC/C=C\CCCCCCCCCC(=O)OC[C@H](COP(=O)(O)OCCN)OC(=O)CCCCCCCCCCCCCCCCCCCCCCC. The number of phosphoric ester groups is 1. The fourth-order valence-corrected chi connectivity index (χ4v) is 8.16. The van der Waals surface area contributed by atoms with Crippen LogP contribution in [0.25, 0.3) is 0 Å². The monoisotopic (exact) mass is 858 g/mol. The smallest absolute Gasteiger partial charge is 0.462 e. The normalized spacial score (nSPS) is 13.2. The molecule has 59 heavy (non-hydrogen) atoms. The van der Waals surface area contributed by atoms with E-state index >= 15 is 0 Å². The summed E-state index contributed by atoms with van der Waals surface area (Å²) in [6.45, 7) is 3.78. The molecule has 1 unspecified atom stereocenters. The summed E-state index contributed by atoms with van der Waals surface area (Å²) in [5.74, 6) is -0.818. The maximum Gasteiger partial charge on any atom is 0.472 e. The summed E-state index contributed by atoms with van der Waals surface area (Å²) >= 11 is 0. The maximum absolute atomic E-state index is 12.6. The third kappa shape index (κ3) is 46.1. The highest BCUT2D eigenvalue weighted by molar-refractivity contribution is 7.47. The van der Waals surface area contributed by atoms with Gasteiger partial charge in [-0.2, -0.15) is 0 Å². The van der Waals surface area contributed by atoms with Crippen molar-refractivity contribution in [3.63, 3.8) is 0 Å². The Hall–Kier alpha value is -1.25. The minimum Gasteiger partial charge on any atom is -0.462 e. The first-order valence-corrected chi connectivity index (χ1v) is 26.7. The van der Waals surface area contributed by atoms with Crippen LogP contribution >= 0.6 is 7.82 Å². The molecule has 0 aliphatic rings. The Morgan fingerprint density at radius 3 is 1.20 bits per heavy atom. The first-order chi connectivity index (χ1) is 28.8. The summed E-state index contributed by atoms with van der Waals surface area (Å²) in [5, 5.41) is 0. The van der Waals surface area contributed by atoms with Gasteiger partial charge in [0.15, 0.2) is 6.10 Å². The van der Waals surface area contributed by atoms with E-state index in [0.29, 0.717) is 6.42 Å². The summed E-state index contributed by atoms with van der Waals surface area (Å²) < 4.78 is 32.9. The van der Waals surface area contributed by atoms with Crippen molar-refractivity contribution in [3.8, 4) is 0 Å². The fraction of sp³-hybridized carbons (Fsp3) is 0.918. The van der Waals surface area contributed by atoms with E-state index in [-0.39, 0.29) is 38.6 Å². The zero-order chi connectivity index (χ0) is 43.2. The predicted molar refractivity (Wildman–Crippen MR) is 248 cm³/mol. The topological polar surface area (TPSA) is 134 Å². The predicted octanol–water partition coefficient (Wildman–Crippen LogP) is 15.0. The van der Waals surface area contributed by atoms with Gasteiger partial charge in [-0.3, -0.25) is 18.6 Å². The molecule has 2 atom stereocenters. The Bertz CT molecular complexity index is 980. The summed E-state index contributed by atoms with van der Waals surface area (Å²) in [4.78, 5) is 35.0. The van der Waals surface area contributed by atoms with Crippen molar-refractivity contribution in [2.45, 2.75) is 264 Å². The molecular weight excluding hydrogens is 762 g/mol. The van der Waals surface area contributed by atoms with Crippen molar-refractivity contribution < 1.29 is 37.6 Å². The quantitative estimate of drug-likeness (QED) is 0.0265. The number of hydrogen-bond donors (Lipinski definition) is 2. The van der Waals surface area contributed by atoms with Crippen LogP contribution in [-0.4, -0.2) is 49.3 Å². The van der Waals surface area contributed by atoms with Crippen LogP contribution in [0.15, 0.2) is 12.2 Å². The number of phosphoric acid groups is 1. The van der Waals surface area contributed by atoms with E-state index in [4.69, 9.17) is 24.3 Å². The number of ether oxygens (including phenoxy) is 2. The minimum atomic E-state index is -4.38. The van der Waals surface area contributed by atoms with Gasteiger partial charge in [-0.1, -0.05) is 219 Å². The van der Waals surface area contributed by atoms with Gasteiger partial charge in [0.05, 0.1) is 13.2 Å². The lowest BCUT2D eigenvalue weighted by molar-refractivity contribution is -0.161. The van der Waals surface area contributed by atoms with Gasteiger partial charge >= 0.3 is 19.8 Å². The van der Waals surface area contributed by atoms with Crippen LogP contribution in [0, 0.1) is 0 Å². The van der Waals surface area contributed by atoms with Crippen LogP contribution in [0.2, 0.25) is 0 Å². The molecule has 0 amide bonds. The van der Waals surface area contributed by atoms with E-state index in [9.17, 15) is 19.0 Å². The molecule has 0 heterocycles. The van der Waals surface area contributed by atoms with Crippen LogP contribution in [0.1, 0.15) is 258 Å². The van der Waals surface area contributed by atoms with Crippen LogP contribution < -0.4 is 5.73 Å². The molecule has 0 rings (SSSR count). The van der Waals surface area contributed by atoms with Crippen molar-refractivity contribution in [1.82, 2.24) is 0 Å². The number of hydrogen-bond acceptors (Lipinski definition) is 8. The van der Waals surface area contributed by atoms with E-state index in [1.54, 1.807) is 0 Å². The number of allylic oxidation sites excluding steroid dienone is 2. The molecule has 9 nitrogen and oxygen atoms in total. The second kappa shape index (κ2) is 46.3. The lowest BCUT2D eigenvalue weighted by Gasteiger charge is -2.19. The third-order valence-corrected chi connectivity index (χ3v) is 12.1. The van der Waals surface area contributed by atoms with Crippen LogP contribution in [-0.2, 0) is 32.7 Å². The average Bonchev–Trinajstić information content (AvgIpc) is 3.22. The highest BCUT2D eigenvalue weighted by atomic mass is 31.2. The van der Waals surface area contributed by atoms with Gasteiger partial charge < -0.3 is 20.1 Å². The molecule has 0 saturated heterocycles. The molecule has 0 aromatic carbocycles. The first kappa shape index (κ1) is 57.8. The summed E-state index contributed by atoms with van der Waals surface area (Å²) in [6, 6.07) is 0. The lowest BCUT2D eigenvalue weighted by atomic mass is 10.0. The van der Waals surface area contributed by atoms with Crippen LogP contribution in [0.5, 0.6) is 0 Å². The van der Waals surface area contributed by atoms with Gasteiger partial charge in [-0.25, -0.2) is 4.57 Å². The van der Waals surface area contributed by atoms with Crippen molar-refractivity contribution in [2.24, 2.45) is 5.73 Å².